The molecule has 0 saturated carbocycles. The number of amidine groups is 2. The molecule has 234 valence electrons. The number of aliphatic imine (C=N–C) groups is 2. The molecule has 5 aliphatic carbocycles. The molecule has 2 amide bonds. The average molecular weight is 643 g/mol. The van der Waals surface area contributed by atoms with E-state index in [1.54, 1.807) is 0 Å². The Kier molecular flexibility index (Phi) is 4.40. The molecule has 0 aromatic heterocycles. The molecular weight excluding hydrogens is 617 g/mol. The first-order valence-corrected chi connectivity index (χ1v) is 17.5. The van der Waals surface area contributed by atoms with Crippen molar-refractivity contribution in [2.45, 2.75) is 0 Å². The van der Waals surface area contributed by atoms with Crippen molar-refractivity contribution in [3.8, 4) is 0 Å². The molecule has 4 heterocycles. The van der Waals surface area contributed by atoms with E-state index in [-0.39, 0.29) is 47.3 Å². The highest BCUT2D eigenvalue weighted by Gasteiger charge is 2.56. The zero-order chi connectivity index (χ0) is 32.6. The van der Waals surface area contributed by atoms with Crippen LogP contribution in [0.25, 0.3) is 21.5 Å². The van der Waals surface area contributed by atoms with Crippen LogP contribution in [0.1, 0.15) is 0 Å². The van der Waals surface area contributed by atoms with Gasteiger partial charge < -0.3 is 0 Å². The van der Waals surface area contributed by atoms with Crippen molar-refractivity contribution in [3.63, 3.8) is 0 Å². The number of allylic oxidation sites excluding steroid dienone is 8. The molecule has 4 aliphatic heterocycles. The van der Waals surface area contributed by atoms with E-state index >= 15 is 0 Å². The van der Waals surface area contributed by atoms with E-state index in [1.807, 2.05) is 34.1 Å². The van der Waals surface area contributed by atoms with E-state index < -0.39 is 0 Å². The van der Waals surface area contributed by atoms with Gasteiger partial charge in [-0.25, -0.2) is 9.98 Å². The fourth-order valence-electron chi connectivity index (χ4n) is 10.8. The lowest BCUT2D eigenvalue weighted by Crippen LogP contribution is -2.55. The number of fused-ring (bicyclic) bond motifs is 8. The molecular formula is C44H26N4O2. The van der Waals surface area contributed by atoms with Crippen LogP contribution in [0.3, 0.4) is 0 Å². The van der Waals surface area contributed by atoms with Crippen LogP contribution in [0.15, 0.2) is 165 Å². The van der Waals surface area contributed by atoms with E-state index in [0.29, 0.717) is 0 Å². The molecule has 4 aromatic carbocycles. The highest BCUT2D eigenvalue weighted by molar-refractivity contribution is 6.34. The average Bonchev–Trinajstić information content (AvgIpc) is 3.15. The summed E-state index contributed by atoms with van der Waals surface area (Å²) >= 11 is 0. The zero-order valence-electron chi connectivity index (χ0n) is 26.6. The molecule has 1 fully saturated rings. The van der Waals surface area contributed by atoms with Gasteiger partial charge in [-0.1, -0.05) is 97.1 Å². The summed E-state index contributed by atoms with van der Waals surface area (Å²) in [6.07, 6.45) is 17.9. The Bertz CT molecular complexity index is 2740. The number of hydrogen-bond donors (Lipinski definition) is 0. The van der Waals surface area contributed by atoms with Crippen LogP contribution in [-0.2, 0) is 9.59 Å². The molecule has 6 nitrogen and oxygen atoms in total. The van der Waals surface area contributed by atoms with Gasteiger partial charge in [-0.2, -0.15) is 0 Å². The number of benzene rings is 4. The first-order valence-electron chi connectivity index (χ1n) is 17.5. The highest BCUT2D eigenvalue weighted by Crippen LogP contribution is 2.62. The molecule has 9 aliphatic rings. The van der Waals surface area contributed by atoms with Gasteiger partial charge in [0.25, 0.3) is 5.91 Å². The molecule has 50 heavy (non-hydrogen) atoms. The van der Waals surface area contributed by atoms with Crippen molar-refractivity contribution in [2.75, 3.05) is 9.80 Å². The highest BCUT2D eigenvalue weighted by atomic mass is 16.2. The van der Waals surface area contributed by atoms with Gasteiger partial charge >= 0.3 is 0 Å². The maximum Gasteiger partial charge on any atom is 0.263 e. The maximum atomic E-state index is 14.6. The van der Waals surface area contributed by atoms with Crippen LogP contribution in [0.5, 0.6) is 0 Å². The Labute approximate surface area is 286 Å². The molecule has 4 aromatic rings. The number of anilines is 2. The fourth-order valence-corrected chi connectivity index (χ4v) is 10.8. The van der Waals surface area contributed by atoms with Gasteiger partial charge in [-0.05, 0) is 57.3 Å². The van der Waals surface area contributed by atoms with Crippen LogP contribution >= 0.6 is 0 Å². The van der Waals surface area contributed by atoms with E-state index in [4.69, 9.17) is 9.98 Å². The van der Waals surface area contributed by atoms with Gasteiger partial charge in [0.15, 0.2) is 0 Å². The Morgan fingerprint density at radius 1 is 0.620 bits per heavy atom. The molecule has 0 spiro atoms. The third kappa shape index (κ3) is 2.80. The second-order valence-corrected chi connectivity index (χ2v) is 14.7. The van der Waals surface area contributed by atoms with Crippen molar-refractivity contribution >= 4 is 67.8 Å². The number of amides is 2. The number of rotatable bonds is 0. The monoisotopic (exact) mass is 642 g/mol. The number of carbonyl (C=O) groups excluding carboxylic acids is 2. The largest absolute Gasteiger partial charge is 0.273 e. The fraction of sp³-hybridized carbons (Fsp3) is 0.136. The third-order valence-electron chi connectivity index (χ3n) is 12.6. The third-order valence-corrected chi connectivity index (χ3v) is 12.6. The Hall–Kier alpha value is -6.14. The predicted octanol–water partition coefficient (Wildman–Crippen LogP) is 8.35. The van der Waals surface area contributed by atoms with E-state index in [1.165, 1.54) is 22.3 Å². The van der Waals surface area contributed by atoms with E-state index in [9.17, 15) is 9.59 Å². The molecule has 0 N–H and O–H groups in total. The smallest absolute Gasteiger partial charge is 0.263 e. The maximum absolute atomic E-state index is 14.6. The lowest BCUT2D eigenvalue weighted by molar-refractivity contribution is -0.121. The Balaban J connectivity index is 0.999. The Morgan fingerprint density at radius 3 is 2.08 bits per heavy atom. The summed E-state index contributed by atoms with van der Waals surface area (Å²) in [4.78, 5) is 43.3. The quantitative estimate of drug-likeness (QED) is 0.181. The van der Waals surface area contributed by atoms with Crippen molar-refractivity contribution in [3.05, 3.63) is 155 Å². The van der Waals surface area contributed by atoms with Gasteiger partial charge in [0.2, 0.25) is 5.91 Å². The SMILES string of the molecule is O=C1C2=C3C(C=CC4C5=CC=C6C7=Nc8cccc9cccc(c89)N7C(=O)C7C=CC(=C5C67)C(C=C2)C34)C2=Nc3cccc4cccc(c34)N12. The van der Waals surface area contributed by atoms with Crippen LogP contribution in [0, 0.1) is 35.5 Å². The zero-order valence-corrected chi connectivity index (χ0v) is 26.6. The molecule has 6 atom stereocenters. The standard InChI is InChI=1S/C44H26N4O2/c49-43-29-19-15-25-26-16-20-30-40-28(42-46-32-10-2-6-22-8-4-12-34(36(22)32)48(42)44(30)50)18-14-24(38(26)40)23-13-17-27(39(29)37(23)25)41-45-31-9-1-5-21-7-3-11-33(35(21)31)47(41)43/h1-20,23,25,27,30,37,40H. The second-order valence-electron chi connectivity index (χ2n) is 14.7. The molecule has 1 saturated heterocycles. The molecule has 0 bridgehead atoms. The second kappa shape index (κ2) is 8.52. The minimum Gasteiger partial charge on any atom is -0.273 e. The van der Waals surface area contributed by atoms with E-state index in [0.717, 1.165) is 67.1 Å². The number of carbonyl (C=O) groups is 2. The minimum absolute atomic E-state index is 0.00293. The summed E-state index contributed by atoms with van der Waals surface area (Å²) in [6.45, 7) is 0. The first-order chi connectivity index (χ1) is 24.7. The topological polar surface area (TPSA) is 65.3 Å². The van der Waals surface area contributed by atoms with E-state index in [2.05, 4.69) is 97.1 Å². The summed E-state index contributed by atoms with van der Waals surface area (Å²) in [5, 5.41) is 4.23. The van der Waals surface area contributed by atoms with Gasteiger partial charge in [0.05, 0.1) is 34.6 Å². The summed E-state index contributed by atoms with van der Waals surface area (Å²) in [6, 6.07) is 24.7. The first kappa shape index (κ1) is 25.8. The minimum atomic E-state index is -0.313. The van der Waals surface area contributed by atoms with Gasteiger partial charge in [-0.15, -0.1) is 0 Å². The molecule has 6 unspecified atom stereocenters. The summed E-state index contributed by atoms with van der Waals surface area (Å²) < 4.78 is 0. The lowest BCUT2D eigenvalue weighted by Gasteiger charge is -2.54. The van der Waals surface area contributed by atoms with Gasteiger partial charge in [0.1, 0.15) is 11.7 Å². The van der Waals surface area contributed by atoms with Gasteiger partial charge in [-0.3, -0.25) is 19.4 Å². The van der Waals surface area contributed by atoms with Gasteiger partial charge in [0, 0.05) is 45.6 Å². The summed E-state index contributed by atoms with van der Waals surface area (Å²) in [5.74, 6) is 1.39. The van der Waals surface area contributed by atoms with Crippen LogP contribution in [0.4, 0.5) is 22.7 Å². The van der Waals surface area contributed by atoms with Crippen molar-refractivity contribution in [2.24, 2.45) is 45.5 Å². The predicted molar refractivity (Wildman–Crippen MR) is 196 cm³/mol. The van der Waals surface area contributed by atoms with Crippen LogP contribution in [-0.4, -0.2) is 23.5 Å². The van der Waals surface area contributed by atoms with Crippen LogP contribution in [0.2, 0.25) is 0 Å². The molecule has 6 heteroatoms. The molecule has 13 rings (SSSR count). The lowest BCUT2D eigenvalue weighted by atomic mass is 9.52. The number of nitrogens with zero attached hydrogens (tertiary/aromatic N) is 4. The number of piperidine rings is 1. The normalized spacial score (nSPS) is 29.7. The number of hydrogen-bond acceptors (Lipinski definition) is 4. The van der Waals surface area contributed by atoms with Crippen LogP contribution < -0.4 is 9.80 Å². The molecule has 0 radical (unpaired) electrons. The van der Waals surface area contributed by atoms with Crippen molar-refractivity contribution in [1.29, 1.82) is 0 Å². The summed E-state index contributed by atoms with van der Waals surface area (Å²) in [5.41, 5.74) is 10.5. The van der Waals surface area contributed by atoms with Crippen molar-refractivity contribution < 1.29 is 9.59 Å². The van der Waals surface area contributed by atoms with Crippen molar-refractivity contribution in [1.82, 2.24) is 0 Å². The Morgan fingerprint density at radius 2 is 1.30 bits per heavy atom. The summed E-state index contributed by atoms with van der Waals surface area (Å²) in [7, 11) is 0.